The molecule has 1 heterocycles. The largest absolute Gasteiger partial charge is 0.493 e. The highest BCUT2D eigenvalue weighted by molar-refractivity contribution is 5.32. The van der Waals surface area contributed by atoms with Crippen LogP contribution in [0.4, 0.5) is 13.2 Å². The van der Waals surface area contributed by atoms with Crippen LogP contribution in [0.2, 0.25) is 0 Å². The predicted molar refractivity (Wildman–Crippen MR) is 55.7 cm³/mol. The molecule has 0 aromatic carbocycles. The van der Waals surface area contributed by atoms with Gasteiger partial charge in [0.1, 0.15) is 5.75 Å². The van der Waals surface area contributed by atoms with E-state index in [-0.39, 0.29) is 19.6 Å². The summed E-state index contributed by atoms with van der Waals surface area (Å²) in [6.07, 6.45) is -3.67. The molecule has 0 saturated heterocycles. The van der Waals surface area contributed by atoms with Crippen LogP contribution in [0, 0.1) is 6.92 Å². The highest BCUT2D eigenvalue weighted by Gasteiger charge is 2.26. The molecule has 0 aliphatic heterocycles. The first-order chi connectivity index (χ1) is 7.92. The van der Waals surface area contributed by atoms with E-state index in [0.29, 0.717) is 17.0 Å². The molecule has 3 nitrogen and oxygen atoms in total. The number of ether oxygens (including phenoxy) is 1. The smallest absolute Gasteiger partial charge is 0.389 e. The lowest BCUT2D eigenvalue weighted by Gasteiger charge is -2.11. The second kappa shape index (κ2) is 5.86. The van der Waals surface area contributed by atoms with Gasteiger partial charge in [-0.25, -0.2) is 0 Å². The SMILES string of the molecule is Cc1cc(OCCCC(F)(F)F)c(CO)cn1. The molecule has 1 N–H and O–H groups in total. The summed E-state index contributed by atoms with van der Waals surface area (Å²) in [7, 11) is 0. The topological polar surface area (TPSA) is 42.4 Å². The Labute approximate surface area is 97.2 Å². The Morgan fingerprint density at radius 1 is 1.41 bits per heavy atom. The second-order valence-corrected chi connectivity index (χ2v) is 3.66. The number of alkyl halides is 3. The quantitative estimate of drug-likeness (QED) is 0.815. The normalized spacial score (nSPS) is 11.6. The van der Waals surface area contributed by atoms with Gasteiger partial charge in [0.25, 0.3) is 0 Å². The zero-order valence-corrected chi connectivity index (χ0v) is 9.42. The summed E-state index contributed by atoms with van der Waals surface area (Å²) in [4.78, 5) is 3.96. The number of hydrogen-bond acceptors (Lipinski definition) is 3. The maximum absolute atomic E-state index is 11.9. The van der Waals surface area contributed by atoms with E-state index in [0.717, 1.165) is 0 Å². The standard InChI is InChI=1S/C11H14F3NO2/c1-8-5-10(9(7-16)6-15-8)17-4-2-3-11(12,13)14/h5-6,16H,2-4,7H2,1H3. The lowest BCUT2D eigenvalue weighted by molar-refractivity contribution is -0.136. The fourth-order valence-corrected chi connectivity index (χ4v) is 1.27. The summed E-state index contributed by atoms with van der Waals surface area (Å²) >= 11 is 0. The van der Waals surface area contributed by atoms with Gasteiger partial charge in [-0.3, -0.25) is 4.98 Å². The number of aromatic nitrogens is 1. The Morgan fingerprint density at radius 3 is 2.71 bits per heavy atom. The third-order valence-electron chi connectivity index (χ3n) is 2.11. The van der Waals surface area contributed by atoms with Crippen molar-refractivity contribution in [2.75, 3.05) is 6.61 Å². The maximum Gasteiger partial charge on any atom is 0.389 e. The molecular formula is C11H14F3NO2. The highest BCUT2D eigenvalue weighted by Crippen LogP contribution is 2.23. The van der Waals surface area contributed by atoms with Crippen molar-refractivity contribution in [3.05, 3.63) is 23.5 Å². The molecule has 1 aromatic heterocycles. The Morgan fingerprint density at radius 2 is 2.12 bits per heavy atom. The third kappa shape index (κ3) is 5.04. The van der Waals surface area contributed by atoms with Crippen molar-refractivity contribution >= 4 is 0 Å². The molecule has 0 spiro atoms. The zero-order valence-electron chi connectivity index (χ0n) is 9.42. The van der Waals surface area contributed by atoms with Crippen molar-refractivity contribution in [3.8, 4) is 5.75 Å². The van der Waals surface area contributed by atoms with E-state index in [4.69, 9.17) is 9.84 Å². The molecule has 1 rings (SSSR count). The summed E-state index contributed by atoms with van der Waals surface area (Å²) < 4.78 is 40.9. The minimum absolute atomic E-state index is 0.0318. The number of rotatable bonds is 5. The van der Waals surface area contributed by atoms with E-state index in [1.165, 1.54) is 6.20 Å². The Hall–Kier alpha value is -1.30. The van der Waals surface area contributed by atoms with Crippen molar-refractivity contribution in [2.45, 2.75) is 32.5 Å². The van der Waals surface area contributed by atoms with Crippen LogP contribution in [-0.2, 0) is 6.61 Å². The van der Waals surface area contributed by atoms with Crippen LogP contribution < -0.4 is 4.74 Å². The number of hydrogen-bond donors (Lipinski definition) is 1. The van der Waals surface area contributed by atoms with E-state index in [1.54, 1.807) is 13.0 Å². The monoisotopic (exact) mass is 249 g/mol. The van der Waals surface area contributed by atoms with Crippen LogP contribution >= 0.6 is 0 Å². The number of aliphatic hydroxyl groups excluding tert-OH is 1. The fraction of sp³-hybridized carbons (Fsp3) is 0.545. The molecule has 0 atom stereocenters. The maximum atomic E-state index is 11.9. The van der Waals surface area contributed by atoms with Gasteiger partial charge in [-0.05, 0) is 13.3 Å². The first kappa shape index (κ1) is 13.8. The minimum atomic E-state index is -4.16. The summed E-state index contributed by atoms with van der Waals surface area (Å²) in [6.45, 7) is 1.46. The summed E-state index contributed by atoms with van der Waals surface area (Å²) in [6, 6.07) is 1.60. The van der Waals surface area contributed by atoms with Crippen molar-refractivity contribution in [1.82, 2.24) is 4.98 Å². The van der Waals surface area contributed by atoms with Crippen LogP contribution in [0.25, 0.3) is 0 Å². The molecule has 0 radical (unpaired) electrons. The van der Waals surface area contributed by atoms with Crippen LogP contribution in [0.15, 0.2) is 12.3 Å². The summed E-state index contributed by atoms with van der Waals surface area (Å²) in [5, 5.41) is 9.00. The summed E-state index contributed by atoms with van der Waals surface area (Å²) in [5.41, 5.74) is 1.16. The van der Waals surface area contributed by atoms with Crippen molar-refractivity contribution < 1.29 is 23.0 Å². The molecule has 0 aliphatic carbocycles. The lowest BCUT2D eigenvalue weighted by atomic mass is 10.2. The third-order valence-corrected chi connectivity index (χ3v) is 2.11. The lowest BCUT2D eigenvalue weighted by Crippen LogP contribution is -2.10. The number of pyridine rings is 1. The average Bonchev–Trinajstić information content (AvgIpc) is 2.23. The van der Waals surface area contributed by atoms with E-state index in [1.807, 2.05) is 0 Å². The van der Waals surface area contributed by atoms with Gasteiger partial charge in [-0.15, -0.1) is 0 Å². The molecule has 0 fully saturated rings. The molecule has 0 aliphatic rings. The molecule has 96 valence electrons. The first-order valence-corrected chi connectivity index (χ1v) is 5.18. The molecule has 6 heteroatoms. The molecule has 0 unspecified atom stereocenters. The Bertz CT molecular complexity index is 366. The second-order valence-electron chi connectivity index (χ2n) is 3.66. The van der Waals surface area contributed by atoms with E-state index < -0.39 is 12.6 Å². The molecule has 0 amide bonds. The molecule has 1 aromatic rings. The molecule has 0 bridgehead atoms. The van der Waals surface area contributed by atoms with Gasteiger partial charge in [-0.2, -0.15) is 13.2 Å². The van der Waals surface area contributed by atoms with Gasteiger partial charge < -0.3 is 9.84 Å². The van der Waals surface area contributed by atoms with Gasteiger partial charge in [-0.1, -0.05) is 0 Å². The van der Waals surface area contributed by atoms with Gasteiger partial charge in [0.2, 0.25) is 0 Å². The number of halogens is 3. The minimum Gasteiger partial charge on any atom is -0.493 e. The van der Waals surface area contributed by atoms with Crippen LogP contribution in [0.5, 0.6) is 5.75 Å². The molecular weight excluding hydrogens is 235 g/mol. The highest BCUT2D eigenvalue weighted by atomic mass is 19.4. The van der Waals surface area contributed by atoms with Crippen LogP contribution in [0.3, 0.4) is 0 Å². The Kier molecular flexibility index (Phi) is 4.74. The van der Waals surface area contributed by atoms with Gasteiger partial charge in [0, 0.05) is 29.9 Å². The predicted octanol–water partition coefficient (Wildman–Crippen LogP) is 2.60. The fourth-order valence-electron chi connectivity index (χ4n) is 1.27. The van der Waals surface area contributed by atoms with Crippen molar-refractivity contribution in [2.24, 2.45) is 0 Å². The number of aliphatic hydroxyl groups is 1. The van der Waals surface area contributed by atoms with Gasteiger partial charge in [0.05, 0.1) is 13.2 Å². The van der Waals surface area contributed by atoms with E-state index in [9.17, 15) is 13.2 Å². The Balaban J connectivity index is 2.48. The molecule has 0 saturated carbocycles. The number of aryl methyl sites for hydroxylation is 1. The molecule has 17 heavy (non-hydrogen) atoms. The first-order valence-electron chi connectivity index (χ1n) is 5.18. The van der Waals surface area contributed by atoms with Gasteiger partial charge >= 0.3 is 6.18 Å². The van der Waals surface area contributed by atoms with Gasteiger partial charge in [0.15, 0.2) is 0 Å². The zero-order chi connectivity index (χ0) is 12.9. The van der Waals surface area contributed by atoms with Crippen molar-refractivity contribution in [1.29, 1.82) is 0 Å². The van der Waals surface area contributed by atoms with Crippen LogP contribution in [-0.4, -0.2) is 22.9 Å². The van der Waals surface area contributed by atoms with E-state index >= 15 is 0 Å². The average molecular weight is 249 g/mol. The summed E-state index contributed by atoms with van der Waals surface area (Å²) in [5.74, 6) is 0.391. The van der Waals surface area contributed by atoms with E-state index in [2.05, 4.69) is 4.98 Å². The number of nitrogens with zero attached hydrogens (tertiary/aromatic N) is 1. The van der Waals surface area contributed by atoms with Crippen molar-refractivity contribution in [3.63, 3.8) is 0 Å². The van der Waals surface area contributed by atoms with Crippen LogP contribution in [0.1, 0.15) is 24.1 Å².